The summed E-state index contributed by atoms with van der Waals surface area (Å²) in [6, 6.07) is 12.6. The molecule has 0 bridgehead atoms. The average molecular weight is 399 g/mol. The predicted molar refractivity (Wildman–Crippen MR) is 116 cm³/mol. The third-order valence-electron chi connectivity index (χ3n) is 5.83. The van der Waals surface area contributed by atoms with Crippen molar-refractivity contribution in [3.8, 4) is 11.4 Å². The Morgan fingerprint density at radius 3 is 2.53 bits per heavy atom. The van der Waals surface area contributed by atoms with Gasteiger partial charge in [0.15, 0.2) is 5.82 Å². The molecule has 1 amide bonds. The molecule has 0 spiro atoms. The quantitative estimate of drug-likeness (QED) is 0.670. The molecular formula is C24H25N5O. The first kappa shape index (κ1) is 18.7. The molecule has 152 valence electrons. The van der Waals surface area contributed by atoms with Crippen molar-refractivity contribution in [1.82, 2.24) is 19.9 Å². The molecule has 2 aliphatic rings. The summed E-state index contributed by atoms with van der Waals surface area (Å²) in [5.74, 6) is 1.78. The minimum Gasteiger partial charge on any atom is -0.340 e. The summed E-state index contributed by atoms with van der Waals surface area (Å²) in [7, 11) is 0. The smallest absolute Gasteiger partial charge is 0.219 e. The van der Waals surface area contributed by atoms with E-state index in [4.69, 9.17) is 9.97 Å². The zero-order valence-electron chi connectivity index (χ0n) is 17.1. The maximum Gasteiger partial charge on any atom is 0.219 e. The van der Waals surface area contributed by atoms with Gasteiger partial charge in [-0.15, -0.1) is 0 Å². The summed E-state index contributed by atoms with van der Waals surface area (Å²) in [5.41, 5.74) is 5.47. The normalized spacial score (nSPS) is 15.0. The van der Waals surface area contributed by atoms with Crippen molar-refractivity contribution in [3.63, 3.8) is 0 Å². The predicted octanol–water partition coefficient (Wildman–Crippen LogP) is 4.28. The Bertz CT molecular complexity index is 1060. The van der Waals surface area contributed by atoms with Gasteiger partial charge in [0.1, 0.15) is 5.82 Å². The van der Waals surface area contributed by atoms with Crippen LogP contribution in [-0.2, 0) is 24.2 Å². The van der Waals surface area contributed by atoms with E-state index in [1.807, 2.05) is 17.0 Å². The SMILES string of the molecule is CC(=O)N(Cc1ccc(Nc2nc(-c3ccncc3)nc3c2CCC3)cc1)C1CC1. The molecule has 0 aliphatic heterocycles. The molecule has 6 nitrogen and oxygen atoms in total. The Morgan fingerprint density at radius 1 is 1.07 bits per heavy atom. The molecule has 3 aromatic rings. The van der Waals surface area contributed by atoms with Gasteiger partial charge in [0.25, 0.3) is 0 Å². The van der Waals surface area contributed by atoms with Crippen LogP contribution in [0, 0.1) is 0 Å². The van der Waals surface area contributed by atoms with Crippen molar-refractivity contribution in [3.05, 3.63) is 65.6 Å². The maximum atomic E-state index is 11.9. The molecule has 0 saturated heterocycles. The maximum absolute atomic E-state index is 11.9. The lowest BCUT2D eigenvalue weighted by Gasteiger charge is -2.20. The van der Waals surface area contributed by atoms with Gasteiger partial charge < -0.3 is 10.2 Å². The summed E-state index contributed by atoms with van der Waals surface area (Å²) in [5, 5.41) is 3.51. The number of rotatable bonds is 6. The van der Waals surface area contributed by atoms with Crippen LogP contribution in [-0.4, -0.2) is 31.8 Å². The first-order valence-electron chi connectivity index (χ1n) is 10.6. The summed E-state index contributed by atoms with van der Waals surface area (Å²) in [6.45, 7) is 2.33. The molecule has 1 saturated carbocycles. The van der Waals surface area contributed by atoms with Crippen molar-refractivity contribution < 1.29 is 4.79 Å². The second-order valence-corrected chi connectivity index (χ2v) is 8.11. The Kier molecular flexibility index (Phi) is 4.91. The lowest BCUT2D eigenvalue weighted by atomic mass is 10.1. The number of anilines is 2. The highest BCUT2D eigenvalue weighted by Crippen LogP contribution is 2.32. The van der Waals surface area contributed by atoms with Crippen LogP contribution in [0.25, 0.3) is 11.4 Å². The van der Waals surface area contributed by atoms with Crippen molar-refractivity contribution in [2.75, 3.05) is 5.32 Å². The molecular weight excluding hydrogens is 374 g/mol. The van der Waals surface area contributed by atoms with Gasteiger partial charge in [-0.2, -0.15) is 0 Å². The van der Waals surface area contributed by atoms with Crippen LogP contribution in [0.2, 0.25) is 0 Å². The first-order valence-corrected chi connectivity index (χ1v) is 10.6. The largest absolute Gasteiger partial charge is 0.340 e. The number of carbonyl (C=O) groups is 1. The number of aromatic nitrogens is 3. The van der Waals surface area contributed by atoms with E-state index in [-0.39, 0.29) is 5.91 Å². The highest BCUT2D eigenvalue weighted by atomic mass is 16.2. The fraction of sp³-hybridized carbons (Fsp3) is 0.333. The fourth-order valence-corrected chi connectivity index (χ4v) is 4.08. The van der Waals surface area contributed by atoms with Crippen LogP contribution in [0.4, 0.5) is 11.5 Å². The molecule has 2 heterocycles. The molecule has 6 heteroatoms. The molecule has 1 N–H and O–H groups in total. The van der Waals surface area contributed by atoms with E-state index < -0.39 is 0 Å². The van der Waals surface area contributed by atoms with Crippen LogP contribution in [0.15, 0.2) is 48.8 Å². The summed E-state index contributed by atoms with van der Waals surface area (Å²) < 4.78 is 0. The van der Waals surface area contributed by atoms with Crippen molar-refractivity contribution in [2.45, 2.75) is 51.6 Å². The standard InChI is InChI=1S/C24H25N5O/c1-16(30)29(20-9-10-20)15-17-5-7-19(8-6-17)26-24-21-3-2-4-22(21)27-23(28-24)18-11-13-25-14-12-18/h5-8,11-14,20H,2-4,9-10,15H2,1H3,(H,26,27,28). The zero-order chi connectivity index (χ0) is 20.5. The van der Waals surface area contributed by atoms with Crippen LogP contribution in [0.1, 0.15) is 43.0 Å². The number of aryl methyl sites for hydroxylation is 1. The van der Waals surface area contributed by atoms with Crippen molar-refractivity contribution in [1.29, 1.82) is 0 Å². The second kappa shape index (κ2) is 7.86. The van der Waals surface area contributed by atoms with E-state index >= 15 is 0 Å². The monoisotopic (exact) mass is 399 g/mol. The number of benzene rings is 1. The zero-order valence-corrected chi connectivity index (χ0v) is 17.1. The first-order chi connectivity index (χ1) is 14.7. The minimum absolute atomic E-state index is 0.153. The van der Waals surface area contributed by atoms with Gasteiger partial charge >= 0.3 is 0 Å². The third-order valence-corrected chi connectivity index (χ3v) is 5.83. The highest BCUT2D eigenvalue weighted by Gasteiger charge is 2.30. The van der Waals surface area contributed by atoms with E-state index in [1.165, 1.54) is 5.56 Å². The van der Waals surface area contributed by atoms with E-state index in [0.29, 0.717) is 12.6 Å². The highest BCUT2D eigenvalue weighted by molar-refractivity contribution is 5.74. The lowest BCUT2D eigenvalue weighted by molar-refractivity contribution is -0.130. The molecule has 2 aromatic heterocycles. The van der Waals surface area contributed by atoms with E-state index in [0.717, 1.165) is 66.3 Å². The van der Waals surface area contributed by atoms with E-state index in [1.54, 1.807) is 19.3 Å². The van der Waals surface area contributed by atoms with Gasteiger partial charge in [0.05, 0.1) is 0 Å². The molecule has 1 fully saturated rings. The summed E-state index contributed by atoms with van der Waals surface area (Å²) >= 11 is 0. The molecule has 0 unspecified atom stereocenters. The Morgan fingerprint density at radius 2 is 1.83 bits per heavy atom. The molecule has 0 radical (unpaired) electrons. The number of hydrogen-bond acceptors (Lipinski definition) is 5. The van der Waals surface area contributed by atoms with Crippen LogP contribution >= 0.6 is 0 Å². The Balaban J connectivity index is 1.38. The minimum atomic E-state index is 0.153. The van der Waals surface area contributed by atoms with Crippen LogP contribution in [0.3, 0.4) is 0 Å². The fourth-order valence-electron chi connectivity index (χ4n) is 4.08. The van der Waals surface area contributed by atoms with Gasteiger partial charge in [0.2, 0.25) is 5.91 Å². The number of nitrogens with zero attached hydrogens (tertiary/aromatic N) is 4. The third kappa shape index (κ3) is 3.90. The molecule has 0 atom stereocenters. The van der Waals surface area contributed by atoms with Gasteiger partial charge in [0, 0.05) is 54.4 Å². The number of fused-ring (bicyclic) bond motifs is 1. The number of amides is 1. The van der Waals surface area contributed by atoms with E-state index in [2.05, 4.69) is 34.6 Å². The number of pyridine rings is 1. The molecule has 5 rings (SSSR count). The van der Waals surface area contributed by atoms with Crippen LogP contribution < -0.4 is 5.32 Å². The number of hydrogen-bond donors (Lipinski definition) is 1. The molecule has 1 aromatic carbocycles. The number of carbonyl (C=O) groups excluding carboxylic acids is 1. The topological polar surface area (TPSA) is 71.0 Å². The molecule has 30 heavy (non-hydrogen) atoms. The van der Waals surface area contributed by atoms with Crippen LogP contribution in [0.5, 0.6) is 0 Å². The summed E-state index contributed by atoms with van der Waals surface area (Å²) in [6.07, 6.45) is 8.88. The lowest BCUT2D eigenvalue weighted by Crippen LogP contribution is -2.30. The van der Waals surface area contributed by atoms with Gasteiger partial charge in [-0.1, -0.05) is 12.1 Å². The van der Waals surface area contributed by atoms with E-state index in [9.17, 15) is 4.79 Å². The van der Waals surface area contributed by atoms with Crippen molar-refractivity contribution in [2.24, 2.45) is 0 Å². The van der Waals surface area contributed by atoms with Gasteiger partial charge in [-0.05, 0) is 61.9 Å². The summed E-state index contributed by atoms with van der Waals surface area (Å²) in [4.78, 5) is 27.6. The van der Waals surface area contributed by atoms with Crippen molar-refractivity contribution >= 4 is 17.4 Å². The van der Waals surface area contributed by atoms with Gasteiger partial charge in [-0.25, -0.2) is 9.97 Å². The Hall–Kier alpha value is -3.28. The average Bonchev–Trinajstić information content (AvgIpc) is 3.49. The number of nitrogens with one attached hydrogen (secondary N) is 1. The molecule has 2 aliphatic carbocycles. The van der Waals surface area contributed by atoms with Gasteiger partial charge in [-0.3, -0.25) is 9.78 Å². The Labute approximate surface area is 176 Å². The second-order valence-electron chi connectivity index (χ2n) is 8.11.